The maximum atomic E-state index is 9.70. The molecule has 2 atom stereocenters. The molecule has 3 N–H and O–H groups in total. The van der Waals surface area contributed by atoms with Gasteiger partial charge in [0.15, 0.2) is 0 Å². The number of phenolic OH excluding ortho intramolecular Hbond substituents is 1. The van der Waals surface area contributed by atoms with Crippen molar-refractivity contribution in [1.82, 2.24) is 0 Å². The van der Waals surface area contributed by atoms with Crippen molar-refractivity contribution in [3.05, 3.63) is 29.3 Å². The number of aromatic hydroxyl groups is 1. The van der Waals surface area contributed by atoms with Crippen LogP contribution in [0.15, 0.2) is 18.2 Å². The van der Waals surface area contributed by atoms with E-state index < -0.39 is 12.2 Å². The predicted molar refractivity (Wildman–Crippen MR) is 57.6 cm³/mol. The zero-order valence-corrected chi connectivity index (χ0v) is 9.40. The van der Waals surface area contributed by atoms with Crippen LogP contribution in [0.1, 0.15) is 17.2 Å². The summed E-state index contributed by atoms with van der Waals surface area (Å²) in [6.45, 7) is 1.70. The second-order valence-corrected chi connectivity index (χ2v) is 3.81. The van der Waals surface area contributed by atoms with Crippen molar-refractivity contribution in [2.45, 2.75) is 19.1 Å². The molecule has 0 spiro atoms. The summed E-state index contributed by atoms with van der Waals surface area (Å²) in [4.78, 5) is 0. The summed E-state index contributed by atoms with van der Waals surface area (Å²) in [6.07, 6.45) is -1.84. The van der Waals surface area contributed by atoms with Gasteiger partial charge in [-0.3, -0.25) is 0 Å². The normalized spacial score (nSPS) is 15.1. The Hall–Kier alpha value is -0.580. The van der Waals surface area contributed by atoms with Crippen molar-refractivity contribution in [1.29, 1.82) is 0 Å². The SMILES string of the molecule is Cc1c(O)cccc1C(O)C(O)CBr. The van der Waals surface area contributed by atoms with E-state index in [1.165, 1.54) is 0 Å². The van der Waals surface area contributed by atoms with Crippen molar-refractivity contribution >= 4 is 15.9 Å². The molecule has 14 heavy (non-hydrogen) atoms. The lowest BCUT2D eigenvalue weighted by Gasteiger charge is -2.18. The fraction of sp³-hybridized carbons (Fsp3) is 0.400. The van der Waals surface area contributed by atoms with E-state index in [0.29, 0.717) is 16.5 Å². The lowest BCUT2D eigenvalue weighted by Crippen LogP contribution is -2.20. The molecule has 1 aromatic rings. The van der Waals surface area contributed by atoms with E-state index in [4.69, 9.17) is 0 Å². The van der Waals surface area contributed by atoms with Gasteiger partial charge in [0.25, 0.3) is 0 Å². The first kappa shape index (κ1) is 11.5. The summed E-state index contributed by atoms with van der Waals surface area (Å²) in [5.41, 5.74) is 1.15. The Bertz CT molecular complexity index is 314. The van der Waals surface area contributed by atoms with E-state index in [1.54, 1.807) is 25.1 Å². The average molecular weight is 261 g/mol. The number of hydrogen-bond acceptors (Lipinski definition) is 3. The molecule has 1 rings (SSSR count). The molecule has 0 aromatic heterocycles. The highest BCUT2D eigenvalue weighted by atomic mass is 79.9. The van der Waals surface area contributed by atoms with Gasteiger partial charge in [-0.1, -0.05) is 28.1 Å². The molecule has 0 saturated heterocycles. The van der Waals surface area contributed by atoms with Crippen molar-refractivity contribution < 1.29 is 15.3 Å². The molecule has 4 heteroatoms. The number of aliphatic hydroxyl groups is 2. The molecular weight excluding hydrogens is 248 g/mol. The van der Waals surface area contributed by atoms with Crippen molar-refractivity contribution in [2.75, 3.05) is 5.33 Å². The first-order chi connectivity index (χ1) is 6.57. The fourth-order valence-electron chi connectivity index (χ4n) is 1.25. The number of halogens is 1. The standard InChI is InChI=1S/C10H13BrO3/c1-6-7(3-2-4-8(6)12)10(14)9(13)5-11/h2-4,9-10,12-14H,5H2,1H3. The third-order valence-corrected chi connectivity index (χ3v) is 2.85. The first-order valence-electron chi connectivity index (χ1n) is 4.28. The second-order valence-electron chi connectivity index (χ2n) is 3.16. The molecule has 3 nitrogen and oxygen atoms in total. The van der Waals surface area contributed by atoms with Crippen LogP contribution in [0.25, 0.3) is 0 Å². The Labute approximate surface area is 91.1 Å². The summed E-state index contributed by atoms with van der Waals surface area (Å²) in [5.74, 6) is 0.128. The topological polar surface area (TPSA) is 60.7 Å². The molecule has 0 saturated carbocycles. The maximum Gasteiger partial charge on any atom is 0.118 e. The zero-order chi connectivity index (χ0) is 10.7. The molecule has 0 aliphatic rings. The molecule has 78 valence electrons. The smallest absolute Gasteiger partial charge is 0.118 e. The third kappa shape index (κ3) is 2.26. The van der Waals surface area contributed by atoms with Crippen LogP contribution in [0.4, 0.5) is 0 Å². The largest absolute Gasteiger partial charge is 0.508 e. The van der Waals surface area contributed by atoms with Crippen LogP contribution in [-0.4, -0.2) is 26.8 Å². The van der Waals surface area contributed by atoms with Gasteiger partial charge in [0.05, 0.1) is 6.10 Å². The van der Waals surface area contributed by atoms with Crippen LogP contribution in [0, 0.1) is 6.92 Å². The molecule has 0 radical (unpaired) electrons. The van der Waals surface area contributed by atoms with Crippen LogP contribution in [0.5, 0.6) is 5.75 Å². The molecule has 2 unspecified atom stereocenters. The van der Waals surface area contributed by atoms with E-state index >= 15 is 0 Å². The lowest BCUT2D eigenvalue weighted by molar-refractivity contribution is 0.0337. The Morgan fingerprint density at radius 1 is 1.36 bits per heavy atom. The lowest BCUT2D eigenvalue weighted by atomic mass is 9.99. The van der Waals surface area contributed by atoms with E-state index in [1.807, 2.05) is 0 Å². The van der Waals surface area contributed by atoms with Crippen molar-refractivity contribution in [3.63, 3.8) is 0 Å². The van der Waals surface area contributed by atoms with Gasteiger partial charge in [0.1, 0.15) is 11.9 Å². The molecule has 0 bridgehead atoms. The van der Waals surface area contributed by atoms with Crippen LogP contribution in [-0.2, 0) is 0 Å². The minimum absolute atomic E-state index is 0.128. The summed E-state index contributed by atoms with van der Waals surface area (Å²) in [6, 6.07) is 4.87. The number of rotatable bonds is 3. The number of phenols is 1. The summed E-state index contributed by atoms with van der Waals surface area (Å²) >= 11 is 3.08. The van der Waals surface area contributed by atoms with Gasteiger partial charge in [0.2, 0.25) is 0 Å². The third-order valence-electron chi connectivity index (χ3n) is 2.19. The second kappa shape index (κ2) is 4.77. The molecule has 0 amide bonds. The molecular formula is C10H13BrO3. The summed E-state index contributed by atoms with van der Waals surface area (Å²) < 4.78 is 0. The van der Waals surface area contributed by atoms with Gasteiger partial charge in [-0.05, 0) is 24.1 Å². The number of benzene rings is 1. The van der Waals surface area contributed by atoms with E-state index in [0.717, 1.165) is 0 Å². The average Bonchev–Trinajstić information content (AvgIpc) is 2.20. The van der Waals surface area contributed by atoms with Gasteiger partial charge in [-0.15, -0.1) is 0 Å². The Morgan fingerprint density at radius 2 is 2.00 bits per heavy atom. The van der Waals surface area contributed by atoms with Gasteiger partial charge < -0.3 is 15.3 Å². The highest BCUT2D eigenvalue weighted by Gasteiger charge is 2.19. The maximum absolute atomic E-state index is 9.70. The van der Waals surface area contributed by atoms with Gasteiger partial charge >= 0.3 is 0 Å². The van der Waals surface area contributed by atoms with E-state index in [-0.39, 0.29) is 5.75 Å². The van der Waals surface area contributed by atoms with E-state index in [2.05, 4.69) is 15.9 Å². The summed E-state index contributed by atoms with van der Waals surface area (Å²) in [5, 5.41) is 28.8. The number of aliphatic hydroxyl groups excluding tert-OH is 2. The molecule has 1 aromatic carbocycles. The van der Waals surface area contributed by atoms with Crippen molar-refractivity contribution in [3.8, 4) is 5.75 Å². The first-order valence-corrected chi connectivity index (χ1v) is 5.40. The monoisotopic (exact) mass is 260 g/mol. The molecule has 0 fully saturated rings. The quantitative estimate of drug-likeness (QED) is 0.722. The highest BCUT2D eigenvalue weighted by molar-refractivity contribution is 9.09. The van der Waals surface area contributed by atoms with Crippen LogP contribution in [0.2, 0.25) is 0 Å². The van der Waals surface area contributed by atoms with Gasteiger partial charge in [-0.25, -0.2) is 0 Å². The van der Waals surface area contributed by atoms with E-state index in [9.17, 15) is 15.3 Å². The molecule has 0 aliphatic heterocycles. The minimum Gasteiger partial charge on any atom is -0.508 e. The summed E-state index contributed by atoms with van der Waals surface area (Å²) in [7, 11) is 0. The Kier molecular flexibility index (Phi) is 3.92. The van der Waals surface area contributed by atoms with Gasteiger partial charge in [-0.2, -0.15) is 0 Å². The minimum atomic E-state index is -0.971. The molecule has 0 heterocycles. The van der Waals surface area contributed by atoms with Crippen LogP contribution < -0.4 is 0 Å². The van der Waals surface area contributed by atoms with Crippen molar-refractivity contribution in [2.24, 2.45) is 0 Å². The van der Waals surface area contributed by atoms with Crippen LogP contribution >= 0.6 is 15.9 Å². The predicted octanol–water partition coefficient (Wildman–Crippen LogP) is 1.49. The zero-order valence-electron chi connectivity index (χ0n) is 7.81. The van der Waals surface area contributed by atoms with Crippen LogP contribution in [0.3, 0.4) is 0 Å². The number of hydrogen-bond donors (Lipinski definition) is 3. The number of alkyl halides is 1. The Balaban J connectivity index is 3.01. The Morgan fingerprint density at radius 3 is 2.57 bits per heavy atom. The fourth-order valence-corrected chi connectivity index (χ4v) is 1.61. The highest BCUT2D eigenvalue weighted by Crippen LogP contribution is 2.27. The van der Waals surface area contributed by atoms with Gasteiger partial charge in [0, 0.05) is 5.33 Å². The molecule has 0 aliphatic carbocycles.